The maximum Gasteiger partial charge on any atom is 0.394 e. The summed E-state index contributed by atoms with van der Waals surface area (Å²) in [6, 6.07) is 4.73. The van der Waals surface area contributed by atoms with E-state index in [4.69, 9.17) is 21.4 Å². The molecule has 0 aromatic heterocycles. The van der Waals surface area contributed by atoms with E-state index in [0.717, 1.165) is 10.5 Å². The Hall–Kier alpha value is -1.96. The molecule has 1 unspecified atom stereocenters. The van der Waals surface area contributed by atoms with Crippen LogP contribution in [-0.2, 0) is 9.59 Å². The lowest BCUT2D eigenvalue weighted by Gasteiger charge is -2.22. The third-order valence-corrected chi connectivity index (χ3v) is 4.58. The number of rotatable bonds is 4. The zero-order valence-electron chi connectivity index (χ0n) is 13.5. The van der Waals surface area contributed by atoms with Gasteiger partial charge in [0.1, 0.15) is 5.75 Å². The quantitative estimate of drug-likeness (QED) is 0.872. The number of carbonyl (C=O) groups excluding carboxylic acids is 1. The number of hydrogen-bond acceptors (Lipinski definition) is 3. The summed E-state index contributed by atoms with van der Waals surface area (Å²) in [6.07, 6.45) is -5.74. The van der Waals surface area contributed by atoms with Gasteiger partial charge < -0.3 is 14.7 Å². The summed E-state index contributed by atoms with van der Waals surface area (Å²) < 4.78 is 44.4. The molecule has 1 aromatic carbocycles. The predicted octanol–water partition coefficient (Wildman–Crippen LogP) is 3.14. The molecular formula is C16H17ClF3NO4. The number of halogens is 4. The Labute approximate surface area is 147 Å². The first-order chi connectivity index (χ1) is 11.5. The number of ether oxygens (including phenoxy) is 1. The van der Waals surface area contributed by atoms with Gasteiger partial charge in [-0.3, -0.25) is 9.59 Å². The zero-order valence-corrected chi connectivity index (χ0v) is 14.3. The molecule has 138 valence electrons. The van der Waals surface area contributed by atoms with Crippen molar-refractivity contribution in [2.24, 2.45) is 11.8 Å². The molecule has 1 amide bonds. The Kier molecular flexibility index (Phi) is 5.51. The highest BCUT2D eigenvalue weighted by atomic mass is 35.5. The summed E-state index contributed by atoms with van der Waals surface area (Å²) in [4.78, 5) is 24.3. The molecule has 0 saturated carbocycles. The van der Waals surface area contributed by atoms with E-state index in [1.165, 1.54) is 6.92 Å². The van der Waals surface area contributed by atoms with E-state index in [0.29, 0.717) is 10.8 Å². The van der Waals surface area contributed by atoms with Crippen molar-refractivity contribution in [3.8, 4) is 5.75 Å². The average molecular weight is 380 g/mol. The van der Waals surface area contributed by atoms with E-state index in [-0.39, 0.29) is 0 Å². The van der Waals surface area contributed by atoms with Gasteiger partial charge in [0.25, 0.3) is 5.91 Å². The largest absolute Gasteiger partial charge is 0.481 e. The van der Waals surface area contributed by atoms with Crippen molar-refractivity contribution >= 4 is 23.5 Å². The standard InChI is InChI=1S/C16H17ClF3NO4/c1-8-5-10(3-4-13(8)17)25-9(2)14(22)21-6-11(15(23)24)12(7-21)16(18,19)20/h3-5,9,11-12H,6-7H2,1-2H3,(H,23,24)/t9?,11-,12-/m1/s1. The number of alkyl halides is 3. The number of aryl methyl sites for hydroxylation is 1. The van der Waals surface area contributed by atoms with E-state index in [9.17, 15) is 22.8 Å². The zero-order chi connectivity index (χ0) is 18.9. The summed E-state index contributed by atoms with van der Waals surface area (Å²) in [7, 11) is 0. The van der Waals surface area contributed by atoms with E-state index in [1.807, 2.05) is 0 Å². The minimum absolute atomic E-state index is 0.351. The van der Waals surface area contributed by atoms with Gasteiger partial charge in [-0.2, -0.15) is 13.2 Å². The number of carbonyl (C=O) groups is 2. The van der Waals surface area contributed by atoms with E-state index in [1.54, 1.807) is 25.1 Å². The SMILES string of the molecule is Cc1cc(OC(C)C(=O)N2C[C@@H](C(F)(F)F)[C@H](C(=O)O)C2)ccc1Cl. The topological polar surface area (TPSA) is 66.8 Å². The molecular weight excluding hydrogens is 363 g/mol. The van der Waals surface area contributed by atoms with Crippen LogP contribution in [-0.4, -0.2) is 47.3 Å². The van der Waals surface area contributed by atoms with E-state index >= 15 is 0 Å². The van der Waals surface area contributed by atoms with Crippen molar-refractivity contribution in [3.05, 3.63) is 28.8 Å². The Morgan fingerprint density at radius 1 is 1.36 bits per heavy atom. The number of likely N-dealkylation sites (tertiary alicyclic amines) is 1. The second-order valence-electron chi connectivity index (χ2n) is 6.01. The number of carboxylic acids is 1. The van der Waals surface area contributed by atoms with Crippen molar-refractivity contribution in [3.63, 3.8) is 0 Å². The fraction of sp³-hybridized carbons (Fsp3) is 0.500. The van der Waals surface area contributed by atoms with Gasteiger partial charge in [-0.1, -0.05) is 11.6 Å². The van der Waals surface area contributed by atoms with Gasteiger partial charge in [0, 0.05) is 18.1 Å². The van der Waals surface area contributed by atoms with E-state index in [2.05, 4.69) is 0 Å². The van der Waals surface area contributed by atoms with Gasteiger partial charge in [-0.05, 0) is 37.6 Å². The maximum atomic E-state index is 13.0. The minimum atomic E-state index is -4.69. The highest BCUT2D eigenvalue weighted by Crippen LogP contribution is 2.38. The molecule has 0 radical (unpaired) electrons. The second-order valence-corrected chi connectivity index (χ2v) is 6.41. The first kappa shape index (κ1) is 19.4. The molecule has 1 aliphatic rings. The molecule has 25 heavy (non-hydrogen) atoms. The van der Waals surface area contributed by atoms with E-state index < -0.39 is 49.1 Å². The molecule has 1 fully saturated rings. The summed E-state index contributed by atoms with van der Waals surface area (Å²) in [5, 5.41) is 9.51. The normalized spacial score (nSPS) is 21.9. The minimum Gasteiger partial charge on any atom is -0.481 e. The summed E-state index contributed by atoms with van der Waals surface area (Å²) in [6.45, 7) is 1.97. The van der Waals surface area contributed by atoms with Crippen LogP contribution in [0.2, 0.25) is 5.02 Å². The molecule has 1 aromatic rings. The molecule has 0 spiro atoms. The predicted molar refractivity (Wildman–Crippen MR) is 83.5 cm³/mol. The first-order valence-corrected chi connectivity index (χ1v) is 7.89. The van der Waals surface area contributed by atoms with Crippen LogP contribution >= 0.6 is 11.6 Å². The third-order valence-electron chi connectivity index (χ3n) is 4.16. The van der Waals surface area contributed by atoms with Gasteiger partial charge in [-0.15, -0.1) is 0 Å². The number of amides is 1. The molecule has 1 heterocycles. The van der Waals surface area contributed by atoms with Gasteiger partial charge in [0.15, 0.2) is 6.10 Å². The fourth-order valence-electron chi connectivity index (χ4n) is 2.77. The molecule has 1 N–H and O–H groups in total. The van der Waals surface area contributed by atoms with Crippen molar-refractivity contribution in [1.82, 2.24) is 4.90 Å². The van der Waals surface area contributed by atoms with Crippen LogP contribution < -0.4 is 4.74 Å². The van der Waals surface area contributed by atoms with Crippen LogP contribution in [0.15, 0.2) is 18.2 Å². The Bertz CT molecular complexity index is 680. The smallest absolute Gasteiger partial charge is 0.394 e. The Morgan fingerprint density at radius 3 is 2.48 bits per heavy atom. The molecule has 9 heteroatoms. The highest BCUT2D eigenvalue weighted by molar-refractivity contribution is 6.31. The van der Waals surface area contributed by atoms with Crippen molar-refractivity contribution in [2.75, 3.05) is 13.1 Å². The number of nitrogens with zero attached hydrogens (tertiary/aromatic N) is 1. The Morgan fingerprint density at radius 2 is 2.00 bits per heavy atom. The van der Waals surface area contributed by atoms with Crippen molar-refractivity contribution in [2.45, 2.75) is 26.1 Å². The molecule has 5 nitrogen and oxygen atoms in total. The van der Waals surface area contributed by atoms with Gasteiger partial charge in [-0.25, -0.2) is 0 Å². The van der Waals surface area contributed by atoms with Crippen LogP contribution in [0, 0.1) is 18.8 Å². The van der Waals surface area contributed by atoms with Crippen molar-refractivity contribution < 1.29 is 32.6 Å². The monoisotopic (exact) mass is 379 g/mol. The molecule has 2 rings (SSSR count). The van der Waals surface area contributed by atoms with Gasteiger partial charge >= 0.3 is 12.1 Å². The first-order valence-electron chi connectivity index (χ1n) is 7.51. The van der Waals surface area contributed by atoms with Crippen LogP contribution in [0.4, 0.5) is 13.2 Å². The Balaban J connectivity index is 2.09. The number of benzene rings is 1. The lowest BCUT2D eigenvalue weighted by atomic mass is 9.96. The van der Waals surface area contributed by atoms with Crippen LogP contribution in [0.25, 0.3) is 0 Å². The summed E-state index contributed by atoms with van der Waals surface area (Å²) >= 11 is 5.89. The van der Waals surface area contributed by atoms with Crippen LogP contribution in [0.3, 0.4) is 0 Å². The summed E-state index contributed by atoms with van der Waals surface area (Å²) in [5.41, 5.74) is 0.725. The molecule has 1 aliphatic heterocycles. The molecule has 0 bridgehead atoms. The maximum absolute atomic E-state index is 13.0. The molecule has 3 atom stereocenters. The molecule has 0 aliphatic carbocycles. The lowest BCUT2D eigenvalue weighted by Crippen LogP contribution is -2.40. The lowest BCUT2D eigenvalue weighted by molar-refractivity contribution is -0.188. The number of carboxylic acid groups (broad SMARTS) is 1. The number of hydrogen-bond donors (Lipinski definition) is 1. The summed E-state index contributed by atoms with van der Waals surface area (Å²) in [5.74, 6) is -5.66. The van der Waals surface area contributed by atoms with Crippen molar-refractivity contribution in [1.29, 1.82) is 0 Å². The average Bonchev–Trinajstić information content (AvgIpc) is 2.96. The second kappa shape index (κ2) is 7.11. The molecule has 1 saturated heterocycles. The van der Waals surface area contributed by atoms with Gasteiger partial charge in [0.05, 0.1) is 11.8 Å². The third kappa shape index (κ3) is 4.36. The number of aliphatic carboxylic acids is 1. The van der Waals surface area contributed by atoms with Gasteiger partial charge in [0.2, 0.25) is 0 Å². The van der Waals surface area contributed by atoms with Crippen LogP contribution in [0.5, 0.6) is 5.75 Å². The highest BCUT2D eigenvalue weighted by Gasteiger charge is 2.53. The van der Waals surface area contributed by atoms with Crippen LogP contribution in [0.1, 0.15) is 12.5 Å². The fourth-order valence-corrected chi connectivity index (χ4v) is 2.89.